The van der Waals surface area contributed by atoms with Crippen LogP contribution < -0.4 is 5.73 Å². The van der Waals surface area contributed by atoms with Crippen LogP contribution in [0.4, 0.5) is 0 Å². The topological polar surface area (TPSA) is 126 Å². The average molecular weight is 284 g/mol. The summed E-state index contributed by atoms with van der Waals surface area (Å²) in [5, 5.41) is 26.1. The SMILES string of the molecule is Cc1cncc(C(N)=O)c1C.OC[C@H]1OC(O)C[C@@H]1O. The maximum atomic E-state index is 10.8. The van der Waals surface area contributed by atoms with Crippen molar-refractivity contribution in [3.05, 3.63) is 29.1 Å². The second-order valence-corrected chi connectivity index (χ2v) is 4.61. The number of hydrogen-bond donors (Lipinski definition) is 4. The van der Waals surface area contributed by atoms with Gasteiger partial charge < -0.3 is 25.8 Å². The molecule has 1 amide bonds. The first-order chi connectivity index (χ1) is 9.36. The van der Waals surface area contributed by atoms with Gasteiger partial charge in [0.25, 0.3) is 5.91 Å². The second kappa shape index (κ2) is 7.30. The molecule has 1 aliphatic rings. The minimum absolute atomic E-state index is 0.200. The Labute approximate surface area is 117 Å². The third-order valence-corrected chi connectivity index (χ3v) is 3.12. The number of pyridine rings is 1. The van der Waals surface area contributed by atoms with E-state index in [1.807, 2.05) is 13.8 Å². The third kappa shape index (κ3) is 4.24. The predicted octanol–water partition coefficient (Wildman–Crippen LogP) is -0.756. The molecular weight excluding hydrogens is 264 g/mol. The second-order valence-electron chi connectivity index (χ2n) is 4.61. The van der Waals surface area contributed by atoms with Crippen molar-refractivity contribution in [2.45, 2.75) is 38.8 Å². The number of nitrogens with two attached hydrogens (primary N) is 1. The Morgan fingerprint density at radius 1 is 1.45 bits per heavy atom. The van der Waals surface area contributed by atoms with E-state index in [4.69, 9.17) is 21.1 Å². The van der Waals surface area contributed by atoms with Crippen molar-refractivity contribution in [3.63, 3.8) is 0 Å². The van der Waals surface area contributed by atoms with Gasteiger partial charge in [0.2, 0.25) is 0 Å². The summed E-state index contributed by atoms with van der Waals surface area (Å²) in [4.78, 5) is 14.6. The Balaban J connectivity index is 0.000000204. The van der Waals surface area contributed by atoms with Gasteiger partial charge in [-0.25, -0.2) is 0 Å². The van der Waals surface area contributed by atoms with Crippen LogP contribution >= 0.6 is 0 Å². The molecule has 5 N–H and O–H groups in total. The molecule has 1 saturated heterocycles. The van der Waals surface area contributed by atoms with Crippen LogP contribution in [0.5, 0.6) is 0 Å². The molecular formula is C13H20N2O5. The van der Waals surface area contributed by atoms with E-state index in [1.54, 1.807) is 6.20 Å². The first-order valence-electron chi connectivity index (χ1n) is 6.20. The van der Waals surface area contributed by atoms with Crippen LogP contribution in [0.2, 0.25) is 0 Å². The fourth-order valence-corrected chi connectivity index (χ4v) is 1.75. The van der Waals surface area contributed by atoms with Crippen molar-refractivity contribution in [2.75, 3.05) is 6.61 Å². The largest absolute Gasteiger partial charge is 0.394 e. The van der Waals surface area contributed by atoms with E-state index in [1.165, 1.54) is 6.20 Å². The molecule has 2 heterocycles. The summed E-state index contributed by atoms with van der Waals surface area (Å²) in [7, 11) is 0. The Bertz CT molecular complexity index is 466. The van der Waals surface area contributed by atoms with Crippen LogP contribution in [0, 0.1) is 13.8 Å². The summed E-state index contributed by atoms with van der Waals surface area (Å²) in [6.45, 7) is 3.52. The first-order valence-corrected chi connectivity index (χ1v) is 6.20. The molecule has 0 aromatic carbocycles. The van der Waals surface area contributed by atoms with Gasteiger partial charge in [0.05, 0.1) is 18.3 Å². The number of nitrogens with zero attached hydrogens (tertiary/aromatic N) is 1. The Morgan fingerprint density at radius 2 is 2.10 bits per heavy atom. The molecule has 7 heteroatoms. The van der Waals surface area contributed by atoms with Gasteiger partial charge in [0.1, 0.15) is 6.10 Å². The molecule has 0 radical (unpaired) electrons. The number of carbonyl (C=O) groups is 1. The monoisotopic (exact) mass is 284 g/mol. The quantitative estimate of drug-likeness (QED) is 0.566. The summed E-state index contributed by atoms with van der Waals surface area (Å²) in [5.74, 6) is -0.418. The molecule has 7 nitrogen and oxygen atoms in total. The van der Waals surface area contributed by atoms with Gasteiger partial charge in [0.15, 0.2) is 6.29 Å². The van der Waals surface area contributed by atoms with E-state index in [-0.39, 0.29) is 13.0 Å². The van der Waals surface area contributed by atoms with Crippen molar-refractivity contribution in [1.82, 2.24) is 4.98 Å². The summed E-state index contributed by atoms with van der Waals surface area (Å²) in [5.41, 5.74) is 7.51. The van der Waals surface area contributed by atoms with Gasteiger partial charge in [0, 0.05) is 18.8 Å². The molecule has 1 aliphatic heterocycles. The van der Waals surface area contributed by atoms with Gasteiger partial charge in [-0.3, -0.25) is 9.78 Å². The Morgan fingerprint density at radius 3 is 2.45 bits per heavy atom. The third-order valence-electron chi connectivity index (χ3n) is 3.12. The number of rotatable bonds is 2. The predicted molar refractivity (Wildman–Crippen MR) is 70.8 cm³/mol. The van der Waals surface area contributed by atoms with E-state index in [9.17, 15) is 4.79 Å². The number of aliphatic hydroxyl groups is 3. The lowest BCUT2D eigenvalue weighted by atomic mass is 10.1. The zero-order chi connectivity index (χ0) is 15.3. The maximum absolute atomic E-state index is 10.8. The average Bonchev–Trinajstić information content (AvgIpc) is 2.71. The maximum Gasteiger partial charge on any atom is 0.250 e. The minimum Gasteiger partial charge on any atom is -0.394 e. The number of aryl methyl sites for hydroxylation is 1. The molecule has 0 aliphatic carbocycles. The van der Waals surface area contributed by atoms with Gasteiger partial charge >= 0.3 is 0 Å². The Hall–Kier alpha value is -1.54. The molecule has 1 aromatic heterocycles. The summed E-state index contributed by atoms with van der Waals surface area (Å²) >= 11 is 0. The number of aromatic nitrogens is 1. The molecule has 20 heavy (non-hydrogen) atoms. The van der Waals surface area contributed by atoms with Gasteiger partial charge in [-0.15, -0.1) is 0 Å². The highest BCUT2D eigenvalue weighted by atomic mass is 16.6. The highest BCUT2D eigenvalue weighted by molar-refractivity contribution is 5.94. The lowest BCUT2D eigenvalue weighted by Crippen LogP contribution is -2.24. The molecule has 112 valence electrons. The van der Waals surface area contributed by atoms with E-state index in [2.05, 4.69) is 9.72 Å². The van der Waals surface area contributed by atoms with Gasteiger partial charge in [-0.05, 0) is 25.0 Å². The smallest absolute Gasteiger partial charge is 0.250 e. The number of carbonyl (C=O) groups excluding carboxylic acids is 1. The summed E-state index contributed by atoms with van der Waals surface area (Å²) in [6.07, 6.45) is 1.18. The zero-order valence-electron chi connectivity index (χ0n) is 11.5. The molecule has 0 spiro atoms. The van der Waals surface area contributed by atoms with Gasteiger partial charge in [-0.1, -0.05) is 0 Å². The van der Waals surface area contributed by atoms with E-state index < -0.39 is 24.4 Å². The van der Waals surface area contributed by atoms with E-state index >= 15 is 0 Å². The highest BCUT2D eigenvalue weighted by Crippen LogP contribution is 2.17. The molecule has 0 saturated carbocycles. The molecule has 3 atom stereocenters. The lowest BCUT2D eigenvalue weighted by Gasteiger charge is -2.08. The number of amides is 1. The minimum atomic E-state index is -0.905. The van der Waals surface area contributed by atoms with Crippen molar-refractivity contribution in [1.29, 1.82) is 0 Å². The van der Waals surface area contributed by atoms with E-state index in [0.29, 0.717) is 5.56 Å². The van der Waals surface area contributed by atoms with Crippen LogP contribution in [0.1, 0.15) is 27.9 Å². The van der Waals surface area contributed by atoms with Crippen LogP contribution in [0.15, 0.2) is 12.4 Å². The molecule has 1 unspecified atom stereocenters. The zero-order valence-corrected chi connectivity index (χ0v) is 11.5. The lowest BCUT2D eigenvalue weighted by molar-refractivity contribution is -0.107. The van der Waals surface area contributed by atoms with E-state index in [0.717, 1.165) is 11.1 Å². The van der Waals surface area contributed by atoms with Crippen molar-refractivity contribution < 1.29 is 24.9 Å². The number of hydrogen-bond acceptors (Lipinski definition) is 6. The first kappa shape index (κ1) is 16.5. The fraction of sp³-hybridized carbons (Fsp3) is 0.538. The van der Waals surface area contributed by atoms with Crippen LogP contribution in [0.3, 0.4) is 0 Å². The van der Waals surface area contributed by atoms with Crippen molar-refractivity contribution in [2.24, 2.45) is 5.73 Å². The standard InChI is InChI=1S/C8H10N2O.C5H10O4/c1-5-3-10-4-7(6(5)2)8(9)11;6-2-4-3(7)1-5(8)9-4/h3-4H,1-2H3,(H2,9,11);3-8H,1-2H2/t;3-,4+,5?/m.0/s1. The van der Waals surface area contributed by atoms with Crippen molar-refractivity contribution >= 4 is 5.91 Å². The summed E-state index contributed by atoms with van der Waals surface area (Å²) in [6, 6.07) is 0. The molecule has 1 aromatic rings. The summed E-state index contributed by atoms with van der Waals surface area (Å²) < 4.78 is 4.68. The van der Waals surface area contributed by atoms with Crippen molar-refractivity contribution in [3.8, 4) is 0 Å². The molecule has 2 rings (SSSR count). The van der Waals surface area contributed by atoms with Crippen LogP contribution in [0.25, 0.3) is 0 Å². The number of ether oxygens (including phenoxy) is 1. The number of aliphatic hydroxyl groups excluding tert-OH is 3. The highest BCUT2D eigenvalue weighted by Gasteiger charge is 2.31. The van der Waals surface area contributed by atoms with Crippen LogP contribution in [-0.4, -0.2) is 51.3 Å². The number of primary amides is 1. The Kier molecular flexibility index (Phi) is 6.03. The fourth-order valence-electron chi connectivity index (χ4n) is 1.75. The normalized spacial score (nSPS) is 24.9. The van der Waals surface area contributed by atoms with Crippen LogP contribution in [-0.2, 0) is 4.74 Å². The van der Waals surface area contributed by atoms with Gasteiger partial charge in [-0.2, -0.15) is 0 Å². The molecule has 0 bridgehead atoms. The molecule has 1 fully saturated rings.